The Morgan fingerprint density at radius 3 is 2.80 bits per heavy atom. The molecule has 0 amide bonds. The molecule has 3 aromatic rings. The fourth-order valence-electron chi connectivity index (χ4n) is 3.05. The quantitative estimate of drug-likeness (QED) is 0.639. The van der Waals surface area contributed by atoms with Crippen LogP contribution < -0.4 is 10.2 Å². The van der Waals surface area contributed by atoms with Crippen LogP contribution in [0.1, 0.15) is 22.7 Å². The lowest BCUT2D eigenvalue weighted by molar-refractivity contribution is 0.473. The highest BCUT2D eigenvalue weighted by Gasteiger charge is 2.42. The molecule has 4 nitrogen and oxygen atoms in total. The first-order valence-electron chi connectivity index (χ1n) is 7.68. The standard InChI is InChI=1S/C18H14ClN3OS2/c19-11-6-7-14(23)13(10-11)22-17(15-5-3-9-25-15)16(21-18(22)24)12-4-1-2-8-20-12/h1-10,16-17,23H,(H,21,24)/t16-,17-/m1/s1. The van der Waals surface area contributed by atoms with Gasteiger partial charge in [0.25, 0.3) is 0 Å². The van der Waals surface area contributed by atoms with Crippen LogP contribution in [0, 0.1) is 0 Å². The minimum absolute atomic E-state index is 0.119. The number of nitrogens with one attached hydrogen (secondary N) is 1. The van der Waals surface area contributed by atoms with Crippen LogP contribution in [0.4, 0.5) is 5.69 Å². The molecule has 2 aromatic heterocycles. The van der Waals surface area contributed by atoms with Crippen molar-refractivity contribution >= 4 is 46.0 Å². The first kappa shape index (κ1) is 16.3. The molecule has 2 atom stereocenters. The summed E-state index contributed by atoms with van der Waals surface area (Å²) in [6.07, 6.45) is 1.77. The molecule has 1 saturated heterocycles. The summed E-state index contributed by atoms with van der Waals surface area (Å²) < 4.78 is 0. The molecule has 1 fully saturated rings. The van der Waals surface area contributed by atoms with Crippen molar-refractivity contribution < 1.29 is 5.11 Å². The number of thiophene rings is 1. The molecule has 1 aliphatic rings. The molecule has 0 spiro atoms. The van der Waals surface area contributed by atoms with E-state index in [0.717, 1.165) is 10.6 Å². The molecule has 126 valence electrons. The lowest BCUT2D eigenvalue weighted by atomic mass is 10.0. The number of anilines is 1. The first-order chi connectivity index (χ1) is 12.1. The topological polar surface area (TPSA) is 48.4 Å². The molecule has 0 radical (unpaired) electrons. The van der Waals surface area contributed by atoms with Gasteiger partial charge in [0.05, 0.1) is 23.5 Å². The number of thiocarbonyl (C=S) groups is 1. The van der Waals surface area contributed by atoms with E-state index < -0.39 is 0 Å². The molecule has 1 aromatic carbocycles. The summed E-state index contributed by atoms with van der Waals surface area (Å²) in [7, 11) is 0. The van der Waals surface area contributed by atoms with Gasteiger partial charge in [-0.05, 0) is 54.0 Å². The number of benzene rings is 1. The largest absolute Gasteiger partial charge is 0.506 e. The monoisotopic (exact) mass is 387 g/mol. The Hall–Kier alpha value is -2.15. The zero-order chi connectivity index (χ0) is 17.4. The van der Waals surface area contributed by atoms with Gasteiger partial charge in [0, 0.05) is 16.1 Å². The zero-order valence-electron chi connectivity index (χ0n) is 13.0. The molecule has 1 aliphatic heterocycles. The number of nitrogens with zero attached hydrogens (tertiary/aromatic N) is 2. The first-order valence-corrected chi connectivity index (χ1v) is 9.34. The lowest BCUT2D eigenvalue weighted by Gasteiger charge is -2.27. The number of aromatic hydroxyl groups is 1. The van der Waals surface area contributed by atoms with Crippen LogP contribution in [0.15, 0.2) is 60.1 Å². The van der Waals surface area contributed by atoms with Crippen molar-refractivity contribution in [3.8, 4) is 5.75 Å². The number of halogens is 1. The third-order valence-electron chi connectivity index (χ3n) is 4.13. The second kappa shape index (κ2) is 6.63. The van der Waals surface area contributed by atoms with Crippen LogP contribution in [-0.2, 0) is 0 Å². The number of hydrogen-bond acceptors (Lipinski definition) is 4. The molecule has 0 bridgehead atoms. The Labute approximate surface area is 159 Å². The van der Waals surface area contributed by atoms with E-state index >= 15 is 0 Å². The zero-order valence-corrected chi connectivity index (χ0v) is 15.4. The Kier molecular flexibility index (Phi) is 4.33. The van der Waals surface area contributed by atoms with Crippen LogP contribution in [0.5, 0.6) is 5.75 Å². The molecule has 3 heterocycles. The number of phenolic OH excluding ortho intramolecular Hbond substituents is 1. The fourth-order valence-corrected chi connectivity index (χ4v) is 4.41. The second-order valence-electron chi connectivity index (χ2n) is 5.65. The maximum absolute atomic E-state index is 10.4. The molecule has 0 aliphatic carbocycles. The number of rotatable bonds is 3. The van der Waals surface area contributed by atoms with Gasteiger partial charge in [-0.25, -0.2) is 0 Å². The van der Waals surface area contributed by atoms with Gasteiger partial charge in [-0.2, -0.15) is 0 Å². The minimum atomic E-state index is -0.120. The Balaban J connectivity index is 1.85. The second-order valence-corrected chi connectivity index (χ2v) is 7.45. The van der Waals surface area contributed by atoms with E-state index in [1.165, 1.54) is 0 Å². The van der Waals surface area contributed by atoms with Crippen LogP contribution in [0.2, 0.25) is 5.02 Å². The predicted molar refractivity (Wildman–Crippen MR) is 105 cm³/mol. The van der Waals surface area contributed by atoms with Crippen molar-refractivity contribution in [2.75, 3.05) is 4.90 Å². The Morgan fingerprint density at radius 1 is 1.20 bits per heavy atom. The van der Waals surface area contributed by atoms with Gasteiger partial charge in [-0.1, -0.05) is 23.7 Å². The average Bonchev–Trinajstić information content (AvgIpc) is 3.25. The van der Waals surface area contributed by atoms with E-state index in [2.05, 4.69) is 16.4 Å². The molecule has 7 heteroatoms. The van der Waals surface area contributed by atoms with Crippen molar-refractivity contribution in [3.63, 3.8) is 0 Å². The van der Waals surface area contributed by atoms with Crippen molar-refractivity contribution in [1.82, 2.24) is 10.3 Å². The number of pyridine rings is 1. The van der Waals surface area contributed by atoms with Crippen molar-refractivity contribution in [2.24, 2.45) is 0 Å². The van der Waals surface area contributed by atoms with Crippen LogP contribution >= 0.6 is 35.2 Å². The summed E-state index contributed by atoms with van der Waals surface area (Å²) in [5, 5.41) is 16.8. The summed E-state index contributed by atoms with van der Waals surface area (Å²) in [6, 6.07) is 14.6. The predicted octanol–water partition coefficient (Wildman–Crippen LogP) is 4.68. The summed E-state index contributed by atoms with van der Waals surface area (Å²) in [6.45, 7) is 0. The number of aromatic nitrogens is 1. The Bertz CT molecular complexity index is 902. The maximum Gasteiger partial charge on any atom is 0.174 e. The van der Waals surface area contributed by atoms with E-state index in [1.807, 2.05) is 34.5 Å². The van der Waals surface area contributed by atoms with E-state index in [-0.39, 0.29) is 17.8 Å². The smallest absolute Gasteiger partial charge is 0.174 e. The van der Waals surface area contributed by atoms with Crippen LogP contribution in [0.25, 0.3) is 0 Å². The molecular formula is C18H14ClN3OS2. The van der Waals surface area contributed by atoms with Crippen molar-refractivity contribution in [3.05, 3.63) is 75.7 Å². The lowest BCUT2D eigenvalue weighted by Crippen LogP contribution is -2.29. The van der Waals surface area contributed by atoms with Gasteiger partial charge < -0.3 is 15.3 Å². The van der Waals surface area contributed by atoms with Gasteiger partial charge in [-0.15, -0.1) is 11.3 Å². The van der Waals surface area contributed by atoms with E-state index in [4.69, 9.17) is 23.8 Å². The average molecular weight is 388 g/mol. The summed E-state index contributed by atoms with van der Waals surface area (Å²) in [5.41, 5.74) is 1.48. The van der Waals surface area contributed by atoms with Gasteiger partial charge in [0.15, 0.2) is 5.11 Å². The number of phenols is 1. The van der Waals surface area contributed by atoms with Gasteiger partial charge in [0.1, 0.15) is 5.75 Å². The van der Waals surface area contributed by atoms with Crippen molar-refractivity contribution in [1.29, 1.82) is 0 Å². The van der Waals surface area contributed by atoms with Crippen LogP contribution in [-0.4, -0.2) is 15.2 Å². The van der Waals surface area contributed by atoms with Crippen molar-refractivity contribution in [2.45, 2.75) is 12.1 Å². The van der Waals surface area contributed by atoms with Crippen LogP contribution in [0.3, 0.4) is 0 Å². The fraction of sp³-hybridized carbons (Fsp3) is 0.111. The minimum Gasteiger partial charge on any atom is -0.506 e. The molecule has 0 saturated carbocycles. The number of hydrogen-bond donors (Lipinski definition) is 2. The Morgan fingerprint density at radius 2 is 2.08 bits per heavy atom. The molecular weight excluding hydrogens is 374 g/mol. The summed E-state index contributed by atoms with van der Waals surface area (Å²) in [5.74, 6) is 0.136. The highest BCUT2D eigenvalue weighted by molar-refractivity contribution is 7.80. The molecule has 25 heavy (non-hydrogen) atoms. The SMILES string of the molecule is Oc1ccc(Cl)cc1N1C(=S)N[C@H](c2ccccn2)[C@H]1c1cccs1. The van der Waals surface area contributed by atoms with E-state index in [0.29, 0.717) is 15.8 Å². The molecule has 0 unspecified atom stereocenters. The third-order valence-corrected chi connectivity index (χ3v) is 5.62. The normalized spacial score (nSPS) is 19.9. The van der Waals surface area contributed by atoms with Gasteiger partial charge >= 0.3 is 0 Å². The maximum atomic E-state index is 10.4. The third kappa shape index (κ3) is 2.97. The van der Waals surface area contributed by atoms with E-state index in [9.17, 15) is 5.11 Å². The highest BCUT2D eigenvalue weighted by Crippen LogP contribution is 2.45. The van der Waals surface area contributed by atoms with Gasteiger partial charge in [0.2, 0.25) is 0 Å². The molecule has 4 rings (SSSR count). The van der Waals surface area contributed by atoms with E-state index in [1.54, 1.807) is 35.7 Å². The summed E-state index contributed by atoms with van der Waals surface area (Å²) in [4.78, 5) is 7.54. The summed E-state index contributed by atoms with van der Waals surface area (Å²) >= 11 is 13.4. The van der Waals surface area contributed by atoms with Gasteiger partial charge in [-0.3, -0.25) is 4.98 Å². The molecule has 2 N–H and O–H groups in total. The highest BCUT2D eigenvalue weighted by atomic mass is 35.5.